The molecule has 1 heterocycles. The van der Waals surface area contributed by atoms with Gasteiger partial charge in [-0.05, 0) is 24.3 Å². The van der Waals surface area contributed by atoms with Gasteiger partial charge in [-0.3, -0.25) is 4.79 Å². The van der Waals surface area contributed by atoms with E-state index in [-0.39, 0.29) is 17.9 Å². The number of methoxy groups -OCH3 is 1. The molecular weight excluding hydrogens is 312 g/mol. The maximum absolute atomic E-state index is 11.2. The summed E-state index contributed by atoms with van der Waals surface area (Å²) in [5.74, 6) is -1.46. The molecule has 0 spiro atoms. The molecule has 2 N–H and O–H groups in total. The van der Waals surface area contributed by atoms with E-state index in [0.29, 0.717) is 22.4 Å². The highest BCUT2D eigenvalue weighted by Gasteiger charge is 2.18. The maximum atomic E-state index is 11.2. The standard InChI is InChI=1S/C17H14N2O5/c1-24-14-8-10(6-7-11(14)17(22)23)16-18-12-4-2-3-5-13(12)19(16)9-15(20)21/h2-8H,9H2,1H3,(H,20,21)(H,22,23). The lowest BCUT2D eigenvalue weighted by Gasteiger charge is -2.09. The summed E-state index contributed by atoms with van der Waals surface area (Å²) in [6, 6.07) is 11.8. The van der Waals surface area contributed by atoms with Crippen molar-refractivity contribution in [3.05, 3.63) is 48.0 Å². The van der Waals surface area contributed by atoms with E-state index >= 15 is 0 Å². The van der Waals surface area contributed by atoms with Crippen LogP contribution in [0.15, 0.2) is 42.5 Å². The van der Waals surface area contributed by atoms with Crippen LogP contribution in [0.25, 0.3) is 22.4 Å². The van der Waals surface area contributed by atoms with Crippen molar-refractivity contribution >= 4 is 23.0 Å². The third kappa shape index (κ3) is 2.67. The first-order valence-corrected chi connectivity index (χ1v) is 7.10. The highest BCUT2D eigenvalue weighted by atomic mass is 16.5. The number of aromatic carboxylic acids is 1. The number of hydrogen-bond donors (Lipinski definition) is 2. The van der Waals surface area contributed by atoms with Gasteiger partial charge in [0.25, 0.3) is 0 Å². The van der Waals surface area contributed by atoms with Gasteiger partial charge in [-0.2, -0.15) is 0 Å². The maximum Gasteiger partial charge on any atom is 0.339 e. The molecule has 0 amide bonds. The van der Waals surface area contributed by atoms with Crippen molar-refractivity contribution in [3.8, 4) is 17.1 Å². The molecule has 0 saturated carbocycles. The summed E-state index contributed by atoms with van der Waals surface area (Å²) in [4.78, 5) is 26.9. The second kappa shape index (κ2) is 6.04. The second-order valence-corrected chi connectivity index (χ2v) is 5.12. The lowest BCUT2D eigenvalue weighted by molar-refractivity contribution is -0.137. The lowest BCUT2D eigenvalue weighted by atomic mass is 10.1. The normalized spacial score (nSPS) is 10.7. The Labute approximate surface area is 136 Å². The molecule has 7 heteroatoms. The molecule has 1 aromatic heterocycles. The number of imidazole rings is 1. The molecule has 122 valence electrons. The van der Waals surface area contributed by atoms with Crippen LogP contribution in [0.5, 0.6) is 5.75 Å². The molecule has 3 rings (SSSR count). The van der Waals surface area contributed by atoms with Crippen LogP contribution in [0.2, 0.25) is 0 Å². The van der Waals surface area contributed by atoms with E-state index in [0.717, 1.165) is 0 Å². The highest BCUT2D eigenvalue weighted by molar-refractivity contribution is 5.92. The van der Waals surface area contributed by atoms with Crippen LogP contribution in [0.4, 0.5) is 0 Å². The predicted molar refractivity (Wildman–Crippen MR) is 86.3 cm³/mol. The van der Waals surface area contributed by atoms with E-state index < -0.39 is 11.9 Å². The zero-order valence-electron chi connectivity index (χ0n) is 12.8. The van der Waals surface area contributed by atoms with Crippen LogP contribution < -0.4 is 4.74 Å². The SMILES string of the molecule is COc1cc(-c2nc3ccccc3n2CC(=O)O)ccc1C(=O)O. The number of ether oxygens (including phenoxy) is 1. The zero-order valence-corrected chi connectivity index (χ0v) is 12.8. The molecule has 3 aromatic rings. The van der Waals surface area contributed by atoms with Crippen LogP contribution in [0.1, 0.15) is 10.4 Å². The van der Waals surface area contributed by atoms with Crippen LogP contribution in [-0.2, 0) is 11.3 Å². The number of carbonyl (C=O) groups is 2. The molecule has 0 aliphatic carbocycles. The van der Waals surface area contributed by atoms with Gasteiger partial charge < -0.3 is 19.5 Å². The first-order chi connectivity index (χ1) is 11.5. The largest absolute Gasteiger partial charge is 0.496 e. The summed E-state index contributed by atoms with van der Waals surface area (Å²) >= 11 is 0. The number of carboxylic acids is 2. The minimum absolute atomic E-state index is 0.0298. The molecule has 0 radical (unpaired) electrons. The number of aliphatic carboxylic acids is 1. The Kier molecular flexibility index (Phi) is 3.91. The zero-order chi connectivity index (χ0) is 17.3. The second-order valence-electron chi connectivity index (χ2n) is 5.12. The quantitative estimate of drug-likeness (QED) is 0.747. The Morgan fingerprint density at radius 1 is 1.17 bits per heavy atom. The van der Waals surface area contributed by atoms with E-state index in [1.165, 1.54) is 13.2 Å². The first kappa shape index (κ1) is 15.5. The monoisotopic (exact) mass is 326 g/mol. The minimum Gasteiger partial charge on any atom is -0.496 e. The fourth-order valence-corrected chi connectivity index (χ4v) is 2.60. The Morgan fingerprint density at radius 2 is 1.92 bits per heavy atom. The number of rotatable bonds is 5. The number of fused-ring (bicyclic) bond motifs is 1. The van der Waals surface area contributed by atoms with Crippen molar-refractivity contribution in [1.29, 1.82) is 0 Å². The van der Waals surface area contributed by atoms with Crippen LogP contribution in [0, 0.1) is 0 Å². The molecular formula is C17H14N2O5. The fourth-order valence-electron chi connectivity index (χ4n) is 2.60. The molecule has 0 fully saturated rings. The fraction of sp³-hybridized carbons (Fsp3) is 0.118. The van der Waals surface area contributed by atoms with Gasteiger partial charge in [-0.25, -0.2) is 9.78 Å². The number of aromatic nitrogens is 2. The summed E-state index contributed by atoms with van der Waals surface area (Å²) in [6.07, 6.45) is 0. The van der Waals surface area contributed by atoms with Gasteiger partial charge >= 0.3 is 11.9 Å². The molecule has 0 unspecified atom stereocenters. The summed E-state index contributed by atoms with van der Waals surface area (Å²) in [5.41, 5.74) is 1.96. The molecule has 0 bridgehead atoms. The highest BCUT2D eigenvalue weighted by Crippen LogP contribution is 2.29. The van der Waals surface area contributed by atoms with Crippen molar-refractivity contribution in [2.24, 2.45) is 0 Å². The lowest BCUT2D eigenvalue weighted by Crippen LogP contribution is -2.10. The average molecular weight is 326 g/mol. The van der Waals surface area contributed by atoms with Crippen LogP contribution in [0.3, 0.4) is 0 Å². The summed E-state index contributed by atoms with van der Waals surface area (Å²) in [7, 11) is 1.38. The van der Waals surface area contributed by atoms with E-state index in [4.69, 9.17) is 9.84 Å². The topological polar surface area (TPSA) is 102 Å². The smallest absolute Gasteiger partial charge is 0.339 e. The Balaban J connectivity index is 2.22. The number of hydrogen-bond acceptors (Lipinski definition) is 4. The molecule has 24 heavy (non-hydrogen) atoms. The van der Waals surface area contributed by atoms with Crippen molar-refractivity contribution in [3.63, 3.8) is 0 Å². The van der Waals surface area contributed by atoms with Gasteiger partial charge in [0.1, 0.15) is 23.7 Å². The third-order valence-corrected chi connectivity index (χ3v) is 3.64. The van der Waals surface area contributed by atoms with Gasteiger partial charge in [0.05, 0.1) is 18.1 Å². The molecule has 0 saturated heterocycles. The molecule has 0 aliphatic rings. The summed E-state index contributed by atoms with van der Waals surface area (Å²) in [5, 5.41) is 18.4. The van der Waals surface area contributed by atoms with Crippen molar-refractivity contribution < 1.29 is 24.5 Å². The number of para-hydroxylation sites is 2. The van der Waals surface area contributed by atoms with Crippen molar-refractivity contribution in [1.82, 2.24) is 9.55 Å². The van der Waals surface area contributed by atoms with Crippen molar-refractivity contribution in [2.75, 3.05) is 7.11 Å². The summed E-state index contributed by atoms with van der Waals surface area (Å²) < 4.78 is 6.71. The van der Waals surface area contributed by atoms with E-state index in [1.54, 1.807) is 34.9 Å². The van der Waals surface area contributed by atoms with E-state index in [2.05, 4.69) is 4.98 Å². The molecule has 7 nitrogen and oxygen atoms in total. The van der Waals surface area contributed by atoms with E-state index in [9.17, 15) is 14.7 Å². The van der Waals surface area contributed by atoms with Gasteiger partial charge in [-0.15, -0.1) is 0 Å². The first-order valence-electron chi connectivity index (χ1n) is 7.10. The summed E-state index contributed by atoms with van der Waals surface area (Å²) in [6.45, 7) is -0.251. The van der Waals surface area contributed by atoms with Crippen molar-refractivity contribution in [2.45, 2.75) is 6.54 Å². The van der Waals surface area contributed by atoms with Gasteiger partial charge in [0.15, 0.2) is 0 Å². The average Bonchev–Trinajstić information content (AvgIpc) is 2.92. The van der Waals surface area contributed by atoms with E-state index in [1.807, 2.05) is 6.07 Å². The minimum atomic E-state index is -1.10. The van der Waals surface area contributed by atoms with Crippen LogP contribution in [-0.4, -0.2) is 38.8 Å². The molecule has 0 atom stereocenters. The predicted octanol–water partition coefficient (Wildman–Crippen LogP) is 2.49. The Hall–Kier alpha value is -3.35. The van der Waals surface area contributed by atoms with Crippen LogP contribution >= 0.6 is 0 Å². The van der Waals surface area contributed by atoms with Gasteiger partial charge in [-0.1, -0.05) is 18.2 Å². The number of nitrogens with zero attached hydrogens (tertiary/aromatic N) is 2. The third-order valence-electron chi connectivity index (χ3n) is 3.64. The molecule has 0 aliphatic heterocycles. The van der Waals surface area contributed by atoms with Gasteiger partial charge in [0, 0.05) is 5.56 Å². The van der Waals surface area contributed by atoms with Gasteiger partial charge in [0.2, 0.25) is 0 Å². The molecule has 2 aromatic carbocycles. The Bertz CT molecular complexity index is 945. The number of benzene rings is 2. The number of carboxylic acid groups (broad SMARTS) is 2. The Morgan fingerprint density at radius 3 is 2.58 bits per heavy atom.